The van der Waals surface area contributed by atoms with E-state index in [0.717, 1.165) is 12.8 Å². The molecule has 0 nitrogen and oxygen atoms in total. The van der Waals surface area contributed by atoms with Gasteiger partial charge in [0.1, 0.15) is 0 Å². The summed E-state index contributed by atoms with van der Waals surface area (Å²) in [7, 11) is 0. The second-order valence-electron chi connectivity index (χ2n) is 20.0. The number of rotatable bonds is 2. The molecule has 3 aliphatic carbocycles. The van der Waals surface area contributed by atoms with Gasteiger partial charge in [0, 0.05) is 0 Å². The SMILES string of the molecule is CC(C)(C)c1ccc([C](=[Zr+2])c2ccc(C(C)(C)C)cc2)cc1.CC1=C[CH-]C(C)(C)c2cc3c(cc21)-c1cc2c(cc1C3)C(C)(C)CC=C2C.Cc1c[cH-]c(C)c1.[Cl-].[Cl-]. The smallest absolute Gasteiger partial charge is 0.00133 e. The summed E-state index contributed by atoms with van der Waals surface area (Å²) < 4.78 is 1.42. The molecule has 3 heteroatoms. The van der Waals surface area contributed by atoms with Crippen molar-refractivity contribution in [2.24, 2.45) is 0 Å². The van der Waals surface area contributed by atoms with Gasteiger partial charge in [0.15, 0.2) is 0 Å². The number of allylic oxidation sites excluding steroid dienone is 4. The zero-order chi connectivity index (χ0) is 41.0. The summed E-state index contributed by atoms with van der Waals surface area (Å²) in [5, 5.41) is 0. The average Bonchev–Trinajstić information content (AvgIpc) is 3.70. The first-order valence-corrected chi connectivity index (χ1v) is 21.8. The fourth-order valence-electron chi connectivity index (χ4n) is 8.33. The molecular formula is C55H64Cl2Zr-2. The maximum absolute atomic E-state index is 2.51. The second-order valence-corrected chi connectivity index (χ2v) is 21.2. The summed E-state index contributed by atoms with van der Waals surface area (Å²) in [4.78, 5) is 0. The van der Waals surface area contributed by atoms with E-state index in [2.05, 4.69) is 207 Å². The largest absolute Gasteiger partial charge is 1.00 e. The molecule has 0 heterocycles. The normalized spacial score (nSPS) is 15.4. The minimum atomic E-state index is 0. The molecule has 5 aromatic rings. The van der Waals surface area contributed by atoms with Crippen molar-refractivity contribution in [2.45, 2.75) is 131 Å². The summed E-state index contributed by atoms with van der Waals surface area (Å²) in [5.74, 6) is 0. The zero-order valence-electron chi connectivity index (χ0n) is 37.6. The van der Waals surface area contributed by atoms with E-state index in [0.29, 0.717) is 0 Å². The Morgan fingerprint density at radius 3 is 1.48 bits per heavy atom. The predicted molar refractivity (Wildman–Crippen MR) is 242 cm³/mol. The molecule has 0 atom stereocenters. The van der Waals surface area contributed by atoms with Gasteiger partial charge in [-0.2, -0.15) is 23.3 Å². The van der Waals surface area contributed by atoms with Gasteiger partial charge in [0.25, 0.3) is 0 Å². The Kier molecular flexibility index (Phi) is 14.7. The Morgan fingerprint density at radius 2 is 1.07 bits per heavy atom. The van der Waals surface area contributed by atoms with Crippen LogP contribution in [0.4, 0.5) is 0 Å². The fourth-order valence-corrected chi connectivity index (χ4v) is 9.15. The molecule has 0 amide bonds. The van der Waals surface area contributed by atoms with E-state index in [1.54, 1.807) is 0 Å². The van der Waals surface area contributed by atoms with Gasteiger partial charge in [-0.1, -0.05) is 76.8 Å². The number of benzene rings is 4. The van der Waals surface area contributed by atoms with E-state index in [9.17, 15) is 0 Å². The fraction of sp³-hybridized carbons (Fsp3) is 0.364. The topological polar surface area (TPSA) is 0 Å². The first kappa shape index (κ1) is 47.6. The van der Waals surface area contributed by atoms with Crippen molar-refractivity contribution in [3.05, 3.63) is 176 Å². The van der Waals surface area contributed by atoms with Gasteiger partial charge in [0.2, 0.25) is 0 Å². The summed E-state index contributed by atoms with van der Waals surface area (Å²) in [6.45, 7) is 31.7. The van der Waals surface area contributed by atoms with E-state index >= 15 is 0 Å². The van der Waals surface area contributed by atoms with Gasteiger partial charge in [-0.25, -0.2) is 24.1 Å². The standard InChI is InChI=1S/C27H29.C21H26.C7H9.2ClH.Zr/c1-16-7-9-26(3,4)24-12-18-11-19-13-25-21(17(2)8-10-27(25,5)6)15-23(19)22(18)14-20(16)24;1-20(2,3)18-11-7-16(8-12-18)15-17-9-13-19(14-10-17)21(4,5)6;1-6-3-4-7(2)5-6;;;/h7-9,12-15H,10-11H2,1-6H3;7-14H,1-6H3;3-5H,1-2H3;2*1H;/q-1;;-1;;;+2/p-2. The van der Waals surface area contributed by atoms with Crippen molar-refractivity contribution in [1.29, 1.82) is 0 Å². The third-order valence-corrected chi connectivity index (χ3v) is 13.7. The number of hydrogen-bond donors (Lipinski definition) is 0. The number of halogens is 2. The minimum Gasteiger partial charge on any atom is -1.00 e. The molecule has 0 saturated carbocycles. The van der Waals surface area contributed by atoms with Crippen molar-refractivity contribution < 1.29 is 49.0 Å². The van der Waals surface area contributed by atoms with Gasteiger partial charge in [-0.3, -0.25) is 0 Å². The van der Waals surface area contributed by atoms with Gasteiger partial charge < -0.3 is 24.8 Å². The Morgan fingerprint density at radius 1 is 0.603 bits per heavy atom. The van der Waals surface area contributed by atoms with Gasteiger partial charge in [0.05, 0.1) is 0 Å². The first-order valence-electron chi connectivity index (χ1n) is 20.6. The summed E-state index contributed by atoms with van der Waals surface area (Å²) in [6, 6.07) is 34.5. The number of aryl methyl sites for hydroxylation is 2. The van der Waals surface area contributed by atoms with Crippen LogP contribution in [-0.4, -0.2) is 3.21 Å². The van der Waals surface area contributed by atoms with Crippen LogP contribution in [0.25, 0.3) is 22.3 Å². The Balaban J connectivity index is 0.000000217. The van der Waals surface area contributed by atoms with Crippen molar-refractivity contribution in [3.63, 3.8) is 0 Å². The molecule has 304 valence electrons. The van der Waals surface area contributed by atoms with Gasteiger partial charge >= 0.3 is 151 Å². The molecule has 0 radical (unpaired) electrons. The van der Waals surface area contributed by atoms with E-state index in [1.165, 1.54) is 116 Å². The first-order chi connectivity index (χ1) is 26.0. The van der Waals surface area contributed by atoms with Crippen molar-refractivity contribution in [3.8, 4) is 11.1 Å². The molecule has 0 saturated heterocycles. The van der Waals surface area contributed by atoms with Crippen molar-refractivity contribution >= 4 is 14.4 Å². The molecular weight excluding hydrogens is 823 g/mol. The van der Waals surface area contributed by atoms with Crippen LogP contribution in [-0.2, 0) is 52.3 Å². The maximum Gasteiger partial charge on any atom is -0.00133 e. The van der Waals surface area contributed by atoms with E-state index in [-0.39, 0.29) is 46.5 Å². The van der Waals surface area contributed by atoms with Crippen LogP contribution in [0.1, 0.15) is 156 Å². The molecule has 3 aliphatic rings. The van der Waals surface area contributed by atoms with Crippen LogP contribution in [0.2, 0.25) is 0 Å². The third kappa shape index (κ3) is 10.3. The van der Waals surface area contributed by atoms with Gasteiger partial charge in [-0.15, -0.1) is 12.5 Å². The van der Waals surface area contributed by atoms with Crippen LogP contribution < -0.4 is 24.8 Å². The Hall–Kier alpha value is -3.09. The summed E-state index contributed by atoms with van der Waals surface area (Å²) >= 11 is 1.46. The van der Waals surface area contributed by atoms with Crippen LogP contribution >= 0.6 is 0 Å². The molecule has 0 spiro atoms. The molecule has 0 aromatic heterocycles. The van der Waals surface area contributed by atoms with E-state index < -0.39 is 0 Å². The molecule has 0 bridgehead atoms. The van der Waals surface area contributed by atoms with Crippen molar-refractivity contribution in [1.82, 2.24) is 0 Å². The number of hydrogen-bond acceptors (Lipinski definition) is 0. The van der Waals surface area contributed by atoms with Crippen LogP contribution in [0.15, 0.2) is 103 Å². The minimum absolute atomic E-state index is 0. The van der Waals surface area contributed by atoms with Crippen molar-refractivity contribution in [2.75, 3.05) is 0 Å². The number of fused-ring (bicyclic) bond motifs is 5. The van der Waals surface area contributed by atoms with E-state index in [4.69, 9.17) is 0 Å². The Bertz CT molecular complexity index is 2160. The average molecular weight is 887 g/mol. The molecule has 8 rings (SSSR count). The quantitative estimate of drug-likeness (QED) is 0.153. The van der Waals surface area contributed by atoms with Crippen LogP contribution in [0.3, 0.4) is 0 Å². The molecule has 5 aromatic carbocycles. The van der Waals surface area contributed by atoms with E-state index in [1.807, 2.05) is 0 Å². The predicted octanol–water partition coefficient (Wildman–Crippen LogP) is 8.67. The molecule has 0 fully saturated rings. The third-order valence-electron chi connectivity index (χ3n) is 12.2. The summed E-state index contributed by atoms with van der Waals surface area (Å²) in [5.41, 5.74) is 23.6. The Labute approximate surface area is 379 Å². The molecule has 0 aliphatic heterocycles. The molecule has 0 N–H and O–H groups in total. The maximum atomic E-state index is 2.51. The molecule has 0 unspecified atom stereocenters. The molecule has 58 heavy (non-hydrogen) atoms. The van der Waals surface area contributed by atoms with Gasteiger partial charge in [-0.05, 0) is 70.2 Å². The van der Waals surface area contributed by atoms with Crippen LogP contribution in [0, 0.1) is 20.3 Å². The monoisotopic (exact) mass is 884 g/mol. The summed E-state index contributed by atoms with van der Waals surface area (Å²) in [6.07, 6.45) is 9.28. The zero-order valence-corrected chi connectivity index (χ0v) is 41.5. The second kappa shape index (κ2) is 17.9. The van der Waals surface area contributed by atoms with Crippen LogP contribution in [0.5, 0.6) is 0 Å².